The van der Waals surface area contributed by atoms with E-state index in [4.69, 9.17) is 4.42 Å². The highest BCUT2D eigenvalue weighted by atomic mass is 79.9. The molecule has 0 aromatic carbocycles. The number of anilines is 1. The summed E-state index contributed by atoms with van der Waals surface area (Å²) >= 11 is 3.28. The Hall–Kier alpha value is -1.95. The van der Waals surface area contributed by atoms with Crippen molar-refractivity contribution in [3.63, 3.8) is 0 Å². The van der Waals surface area contributed by atoms with Gasteiger partial charge in [0.25, 0.3) is 0 Å². The first-order valence-corrected chi connectivity index (χ1v) is 6.66. The number of nitrogens with one attached hydrogen (secondary N) is 1. The third-order valence-electron chi connectivity index (χ3n) is 2.64. The first-order chi connectivity index (χ1) is 9.31. The van der Waals surface area contributed by atoms with Gasteiger partial charge in [-0.05, 0) is 40.2 Å². The van der Waals surface area contributed by atoms with Crippen LogP contribution in [0.15, 0.2) is 45.7 Å². The average Bonchev–Trinajstić information content (AvgIpc) is 2.84. The zero-order valence-electron chi connectivity index (χ0n) is 10.0. The summed E-state index contributed by atoms with van der Waals surface area (Å²) in [5.74, 6) is 1.72. The maximum Gasteiger partial charge on any atom is 0.180 e. The molecule has 6 heteroatoms. The molecule has 3 aromatic rings. The molecule has 0 saturated heterocycles. The summed E-state index contributed by atoms with van der Waals surface area (Å²) < 4.78 is 6.18. The molecule has 3 rings (SSSR count). The fraction of sp³-hybridized carbons (Fsp3) is 0.154. The Morgan fingerprint density at radius 1 is 1.11 bits per heavy atom. The normalized spacial score (nSPS) is 10.8. The van der Waals surface area contributed by atoms with Crippen molar-refractivity contribution < 1.29 is 4.42 Å². The molecule has 0 saturated carbocycles. The Bertz CT molecular complexity index is 698. The molecule has 0 aliphatic carbocycles. The second-order valence-corrected chi connectivity index (χ2v) is 4.76. The monoisotopic (exact) mass is 318 g/mol. The molecule has 0 spiro atoms. The number of hydrogen-bond acceptors (Lipinski definition) is 5. The zero-order valence-corrected chi connectivity index (χ0v) is 11.6. The molecule has 0 aliphatic heterocycles. The van der Waals surface area contributed by atoms with Crippen molar-refractivity contribution in [3.05, 3.63) is 47.1 Å². The fourth-order valence-electron chi connectivity index (χ4n) is 1.75. The van der Waals surface area contributed by atoms with Gasteiger partial charge in [-0.1, -0.05) is 0 Å². The lowest BCUT2D eigenvalue weighted by molar-refractivity contribution is 0.491. The molecule has 0 unspecified atom stereocenters. The van der Waals surface area contributed by atoms with E-state index in [0.717, 1.165) is 34.7 Å². The van der Waals surface area contributed by atoms with Gasteiger partial charge in [-0.15, -0.1) is 0 Å². The summed E-state index contributed by atoms with van der Waals surface area (Å²) in [6.07, 6.45) is 4.09. The van der Waals surface area contributed by atoms with Crippen LogP contribution in [0, 0.1) is 0 Å². The molecule has 96 valence electrons. The molecule has 0 amide bonds. The Balaban J connectivity index is 1.65. The van der Waals surface area contributed by atoms with E-state index in [9.17, 15) is 0 Å². The molecule has 0 bridgehead atoms. The Morgan fingerprint density at radius 2 is 2.00 bits per heavy atom. The molecular weight excluding hydrogens is 308 g/mol. The SMILES string of the molecule is Brc1ccc(CCNc2ccc3nccnc3n2)o1. The van der Waals surface area contributed by atoms with Gasteiger partial charge in [0.2, 0.25) is 0 Å². The lowest BCUT2D eigenvalue weighted by Gasteiger charge is -2.04. The van der Waals surface area contributed by atoms with Gasteiger partial charge in [0.05, 0.1) is 0 Å². The van der Waals surface area contributed by atoms with Crippen LogP contribution in [0.25, 0.3) is 11.2 Å². The lowest BCUT2D eigenvalue weighted by atomic mass is 10.3. The van der Waals surface area contributed by atoms with Crippen molar-refractivity contribution in [1.82, 2.24) is 15.0 Å². The van der Waals surface area contributed by atoms with E-state index in [2.05, 4.69) is 36.2 Å². The molecule has 3 aromatic heterocycles. The quantitative estimate of drug-likeness (QED) is 0.801. The number of nitrogens with zero attached hydrogens (tertiary/aromatic N) is 3. The van der Waals surface area contributed by atoms with Gasteiger partial charge < -0.3 is 9.73 Å². The van der Waals surface area contributed by atoms with Crippen molar-refractivity contribution in [2.45, 2.75) is 6.42 Å². The number of aromatic nitrogens is 3. The van der Waals surface area contributed by atoms with Crippen LogP contribution in [-0.2, 0) is 6.42 Å². The Morgan fingerprint density at radius 3 is 2.84 bits per heavy atom. The van der Waals surface area contributed by atoms with Crippen LogP contribution in [0.1, 0.15) is 5.76 Å². The molecular formula is C13H11BrN4O. The molecule has 0 fully saturated rings. The Kier molecular flexibility index (Phi) is 3.41. The van der Waals surface area contributed by atoms with E-state index in [0.29, 0.717) is 5.65 Å². The third kappa shape index (κ3) is 2.90. The molecule has 0 radical (unpaired) electrons. The van der Waals surface area contributed by atoms with Crippen molar-refractivity contribution in [2.24, 2.45) is 0 Å². The topological polar surface area (TPSA) is 63.8 Å². The summed E-state index contributed by atoms with van der Waals surface area (Å²) in [7, 11) is 0. The van der Waals surface area contributed by atoms with E-state index in [-0.39, 0.29) is 0 Å². The highest BCUT2D eigenvalue weighted by Crippen LogP contribution is 2.15. The van der Waals surface area contributed by atoms with Crippen molar-refractivity contribution in [1.29, 1.82) is 0 Å². The maximum absolute atomic E-state index is 5.43. The van der Waals surface area contributed by atoms with Gasteiger partial charge in [0.1, 0.15) is 17.1 Å². The average molecular weight is 319 g/mol. The second-order valence-electron chi connectivity index (χ2n) is 3.98. The van der Waals surface area contributed by atoms with E-state index >= 15 is 0 Å². The highest BCUT2D eigenvalue weighted by Gasteiger charge is 2.01. The van der Waals surface area contributed by atoms with Crippen LogP contribution >= 0.6 is 15.9 Å². The number of halogens is 1. The van der Waals surface area contributed by atoms with Gasteiger partial charge >= 0.3 is 0 Å². The van der Waals surface area contributed by atoms with Crippen molar-refractivity contribution in [2.75, 3.05) is 11.9 Å². The van der Waals surface area contributed by atoms with E-state index in [1.165, 1.54) is 0 Å². The molecule has 0 aliphatic rings. The summed E-state index contributed by atoms with van der Waals surface area (Å²) in [6, 6.07) is 7.64. The standard InChI is InChI=1S/C13H11BrN4O/c14-11-3-1-9(19-11)5-6-16-12-4-2-10-13(18-12)17-8-7-15-10/h1-4,7-8H,5-6H2,(H,16,17,18). The molecule has 19 heavy (non-hydrogen) atoms. The van der Waals surface area contributed by atoms with Crippen LogP contribution < -0.4 is 5.32 Å². The lowest BCUT2D eigenvalue weighted by Crippen LogP contribution is -2.06. The van der Waals surface area contributed by atoms with E-state index in [1.807, 2.05) is 24.3 Å². The van der Waals surface area contributed by atoms with Gasteiger partial charge in [-0.2, -0.15) is 0 Å². The van der Waals surface area contributed by atoms with Gasteiger partial charge in [-0.25, -0.2) is 9.97 Å². The number of pyridine rings is 1. The zero-order chi connectivity index (χ0) is 13.1. The summed E-state index contributed by atoms with van der Waals surface area (Å²) in [6.45, 7) is 0.749. The van der Waals surface area contributed by atoms with E-state index in [1.54, 1.807) is 12.4 Å². The minimum Gasteiger partial charge on any atom is -0.454 e. The van der Waals surface area contributed by atoms with Gasteiger partial charge in [0, 0.05) is 25.4 Å². The highest BCUT2D eigenvalue weighted by molar-refractivity contribution is 9.10. The van der Waals surface area contributed by atoms with Crippen molar-refractivity contribution in [3.8, 4) is 0 Å². The maximum atomic E-state index is 5.43. The molecule has 3 heterocycles. The largest absolute Gasteiger partial charge is 0.454 e. The summed E-state index contributed by atoms with van der Waals surface area (Å²) in [5, 5.41) is 3.24. The number of fused-ring (bicyclic) bond motifs is 1. The third-order valence-corrected chi connectivity index (χ3v) is 3.06. The predicted octanol–water partition coefficient (Wildman–Crippen LogP) is 3.03. The predicted molar refractivity (Wildman–Crippen MR) is 75.9 cm³/mol. The first-order valence-electron chi connectivity index (χ1n) is 5.87. The number of furan rings is 1. The first kappa shape index (κ1) is 12.1. The van der Waals surface area contributed by atoms with Crippen LogP contribution in [0.3, 0.4) is 0 Å². The molecule has 0 atom stereocenters. The summed E-state index contributed by atoms with van der Waals surface area (Å²) in [4.78, 5) is 12.7. The van der Waals surface area contributed by atoms with Crippen LogP contribution in [0.5, 0.6) is 0 Å². The number of rotatable bonds is 4. The van der Waals surface area contributed by atoms with Crippen LogP contribution in [0.2, 0.25) is 0 Å². The van der Waals surface area contributed by atoms with Gasteiger partial charge in [-0.3, -0.25) is 4.98 Å². The van der Waals surface area contributed by atoms with Gasteiger partial charge in [0.15, 0.2) is 10.3 Å². The number of hydrogen-bond donors (Lipinski definition) is 1. The van der Waals surface area contributed by atoms with Crippen molar-refractivity contribution >= 4 is 32.9 Å². The van der Waals surface area contributed by atoms with Crippen LogP contribution in [-0.4, -0.2) is 21.5 Å². The van der Waals surface area contributed by atoms with Crippen LogP contribution in [0.4, 0.5) is 5.82 Å². The van der Waals surface area contributed by atoms with E-state index < -0.39 is 0 Å². The minimum atomic E-state index is 0.647. The fourth-order valence-corrected chi connectivity index (χ4v) is 2.09. The Labute approximate surface area is 118 Å². The smallest absolute Gasteiger partial charge is 0.180 e. The minimum absolute atomic E-state index is 0.647. The second kappa shape index (κ2) is 5.36. The molecule has 1 N–H and O–H groups in total. The molecule has 5 nitrogen and oxygen atoms in total. The summed E-state index contributed by atoms with van der Waals surface area (Å²) in [5.41, 5.74) is 1.44.